The summed E-state index contributed by atoms with van der Waals surface area (Å²) >= 11 is 0. The first-order chi connectivity index (χ1) is 9.72. The fourth-order valence-corrected chi connectivity index (χ4v) is 3.61. The van der Waals surface area contributed by atoms with Gasteiger partial charge in [0.1, 0.15) is 0 Å². The van der Waals surface area contributed by atoms with Crippen molar-refractivity contribution in [3.05, 3.63) is 35.4 Å². The molecule has 3 heteroatoms. The summed E-state index contributed by atoms with van der Waals surface area (Å²) in [5.74, 6) is 0. The maximum absolute atomic E-state index is 10.4. The van der Waals surface area contributed by atoms with E-state index in [4.69, 9.17) is 0 Å². The van der Waals surface area contributed by atoms with E-state index in [-0.39, 0.29) is 6.10 Å². The standard InChI is InChI=1S/C17H26N2O/c1-14-5-4-6-15(11-14)17(20)13-18-9-10-19-8-3-2-7-16(19)12-18/h4-6,11,16-17,20H,2-3,7-10,12-13H2,1H3. The molecule has 1 N–H and O–H groups in total. The Balaban J connectivity index is 1.58. The first-order valence-electron chi connectivity index (χ1n) is 7.93. The van der Waals surface area contributed by atoms with Crippen LogP contribution in [0.4, 0.5) is 0 Å². The largest absolute Gasteiger partial charge is 0.387 e. The van der Waals surface area contributed by atoms with Gasteiger partial charge in [0, 0.05) is 32.2 Å². The second-order valence-electron chi connectivity index (χ2n) is 6.38. The molecule has 2 heterocycles. The lowest BCUT2D eigenvalue weighted by atomic mass is 9.99. The molecule has 1 aromatic carbocycles. The molecule has 0 bridgehead atoms. The van der Waals surface area contributed by atoms with E-state index >= 15 is 0 Å². The minimum Gasteiger partial charge on any atom is -0.387 e. The lowest BCUT2D eigenvalue weighted by molar-refractivity contribution is 0.0234. The Labute approximate surface area is 122 Å². The van der Waals surface area contributed by atoms with Crippen molar-refractivity contribution >= 4 is 0 Å². The highest BCUT2D eigenvalue weighted by atomic mass is 16.3. The third kappa shape index (κ3) is 3.22. The summed E-state index contributed by atoms with van der Waals surface area (Å²) in [6.45, 7) is 7.53. The maximum Gasteiger partial charge on any atom is 0.0917 e. The van der Waals surface area contributed by atoms with E-state index in [0.717, 1.165) is 31.2 Å². The molecule has 2 saturated heterocycles. The number of hydrogen-bond acceptors (Lipinski definition) is 3. The van der Waals surface area contributed by atoms with E-state index in [1.807, 2.05) is 12.1 Å². The van der Waals surface area contributed by atoms with Gasteiger partial charge in [-0.3, -0.25) is 9.80 Å². The molecule has 110 valence electrons. The third-order valence-electron chi connectivity index (χ3n) is 4.78. The van der Waals surface area contributed by atoms with Crippen molar-refractivity contribution < 1.29 is 5.11 Å². The second-order valence-corrected chi connectivity index (χ2v) is 6.38. The van der Waals surface area contributed by atoms with E-state index in [0.29, 0.717) is 0 Å². The molecule has 20 heavy (non-hydrogen) atoms. The summed E-state index contributed by atoms with van der Waals surface area (Å²) in [5.41, 5.74) is 2.27. The number of piperidine rings is 1. The molecule has 1 aromatic rings. The van der Waals surface area contributed by atoms with Crippen LogP contribution in [0.5, 0.6) is 0 Å². The molecular formula is C17H26N2O. The zero-order valence-electron chi connectivity index (χ0n) is 12.5. The van der Waals surface area contributed by atoms with Gasteiger partial charge in [-0.2, -0.15) is 0 Å². The molecule has 0 amide bonds. The van der Waals surface area contributed by atoms with Crippen LogP contribution >= 0.6 is 0 Å². The van der Waals surface area contributed by atoms with Gasteiger partial charge in [-0.15, -0.1) is 0 Å². The number of nitrogens with zero attached hydrogens (tertiary/aromatic N) is 2. The van der Waals surface area contributed by atoms with Crippen LogP contribution < -0.4 is 0 Å². The number of piperazine rings is 1. The van der Waals surface area contributed by atoms with Gasteiger partial charge in [-0.25, -0.2) is 0 Å². The number of fused-ring (bicyclic) bond motifs is 1. The van der Waals surface area contributed by atoms with Crippen LogP contribution in [0, 0.1) is 6.92 Å². The van der Waals surface area contributed by atoms with Crippen molar-refractivity contribution in [2.75, 3.05) is 32.7 Å². The lowest BCUT2D eigenvalue weighted by Crippen LogP contribution is -2.55. The molecule has 3 rings (SSSR count). The minimum atomic E-state index is -0.356. The van der Waals surface area contributed by atoms with Crippen LogP contribution in [0.3, 0.4) is 0 Å². The van der Waals surface area contributed by atoms with Crippen molar-refractivity contribution in [3.63, 3.8) is 0 Å². The highest BCUT2D eigenvalue weighted by Crippen LogP contribution is 2.23. The summed E-state index contributed by atoms with van der Waals surface area (Å²) in [6.07, 6.45) is 3.71. The van der Waals surface area contributed by atoms with Crippen molar-refractivity contribution in [1.82, 2.24) is 9.80 Å². The number of β-amino-alcohol motifs (C(OH)–C–C–N with tert-alkyl or cyclic N) is 1. The number of rotatable bonds is 3. The van der Waals surface area contributed by atoms with E-state index in [9.17, 15) is 5.11 Å². The molecule has 0 radical (unpaired) electrons. The molecule has 0 spiro atoms. The Morgan fingerprint density at radius 2 is 2.15 bits per heavy atom. The molecule has 2 atom stereocenters. The molecular weight excluding hydrogens is 248 g/mol. The average Bonchev–Trinajstić information content (AvgIpc) is 2.47. The van der Waals surface area contributed by atoms with E-state index in [2.05, 4.69) is 28.9 Å². The molecule has 0 saturated carbocycles. The molecule has 3 nitrogen and oxygen atoms in total. The van der Waals surface area contributed by atoms with Crippen molar-refractivity contribution in [2.24, 2.45) is 0 Å². The smallest absolute Gasteiger partial charge is 0.0917 e. The molecule has 0 aromatic heterocycles. The number of aryl methyl sites for hydroxylation is 1. The highest BCUT2D eigenvalue weighted by Gasteiger charge is 2.29. The van der Waals surface area contributed by atoms with Gasteiger partial charge in [-0.1, -0.05) is 36.2 Å². The quantitative estimate of drug-likeness (QED) is 0.915. The Bertz CT molecular complexity index is 448. The predicted molar refractivity (Wildman–Crippen MR) is 81.8 cm³/mol. The van der Waals surface area contributed by atoms with Crippen LogP contribution in [0.2, 0.25) is 0 Å². The van der Waals surface area contributed by atoms with Crippen molar-refractivity contribution in [1.29, 1.82) is 0 Å². The first-order valence-corrected chi connectivity index (χ1v) is 7.93. The molecule has 2 aliphatic rings. The highest BCUT2D eigenvalue weighted by molar-refractivity contribution is 5.24. The lowest BCUT2D eigenvalue weighted by Gasteiger charge is -2.44. The summed E-state index contributed by atoms with van der Waals surface area (Å²) in [4.78, 5) is 5.08. The molecule has 2 fully saturated rings. The topological polar surface area (TPSA) is 26.7 Å². The van der Waals surface area contributed by atoms with E-state index < -0.39 is 0 Å². The van der Waals surface area contributed by atoms with Gasteiger partial charge in [-0.05, 0) is 31.9 Å². The summed E-state index contributed by atoms with van der Waals surface area (Å²) in [7, 11) is 0. The summed E-state index contributed by atoms with van der Waals surface area (Å²) in [6, 6.07) is 8.97. The number of aliphatic hydroxyl groups excluding tert-OH is 1. The van der Waals surface area contributed by atoms with Crippen LogP contribution in [0.25, 0.3) is 0 Å². The number of hydrogen-bond donors (Lipinski definition) is 1. The maximum atomic E-state index is 10.4. The zero-order chi connectivity index (χ0) is 13.9. The fraction of sp³-hybridized carbons (Fsp3) is 0.647. The van der Waals surface area contributed by atoms with Gasteiger partial charge in [0.2, 0.25) is 0 Å². The number of benzene rings is 1. The van der Waals surface area contributed by atoms with Gasteiger partial charge in [0.05, 0.1) is 6.10 Å². The van der Waals surface area contributed by atoms with Crippen LogP contribution in [-0.4, -0.2) is 53.7 Å². The molecule has 2 aliphatic heterocycles. The monoisotopic (exact) mass is 274 g/mol. The van der Waals surface area contributed by atoms with Crippen LogP contribution in [0.1, 0.15) is 36.5 Å². The Morgan fingerprint density at radius 3 is 3.00 bits per heavy atom. The van der Waals surface area contributed by atoms with Crippen molar-refractivity contribution in [2.45, 2.75) is 38.3 Å². The average molecular weight is 274 g/mol. The van der Waals surface area contributed by atoms with E-state index in [1.54, 1.807) is 0 Å². The second kappa shape index (κ2) is 6.25. The van der Waals surface area contributed by atoms with Crippen molar-refractivity contribution in [3.8, 4) is 0 Å². The van der Waals surface area contributed by atoms with E-state index in [1.165, 1.54) is 37.9 Å². The van der Waals surface area contributed by atoms with Crippen LogP contribution in [-0.2, 0) is 0 Å². The molecule has 2 unspecified atom stereocenters. The Kier molecular flexibility index (Phi) is 4.39. The normalized spacial score (nSPS) is 26.2. The third-order valence-corrected chi connectivity index (χ3v) is 4.78. The minimum absolute atomic E-state index is 0.356. The van der Waals surface area contributed by atoms with Crippen LogP contribution in [0.15, 0.2) is 24.3 Å². The Hall–Kier alpha value is -0.900. The summed E-state index contributed by atoms with van der Waals surface area (Å²) < 4.78 is 0. The van der Waals surface area contributed by atoms with Gasteiger partial charge in [0.25, 0.3) is 0 Å². The predicted octanol–water partition coefficient (Wildman–Crippen LogP) is 2.20. The Morgan fingerprint density at radius 1 is 1.25 bits per heavy atom. The molecule has 0 aliphatic carbocycles. The van der Waals surface area contributed by atoms with Gasteiger partial charge >= 0.3 is 0 Å². The fourth-order valence-electron chi connectivity index (χ4n) is 3.61. The van der Waals surface area contributed by atoms with Gasteiger partial charge in [0.15, 0.2) is 0 Å². The zero-order valence-corrected chi connectivity index (χ0v) is 12.5. The number of aliphatic hydroxyl groups is 1. The summed E-state index contributed by atoms with van der Waals surface area (Å²) in [5, 5.41) is 10.4. The first kappa shape index (κ1) is 14.1. The van der Waals surface area contributed by atoms with Gasteiger partial charge < -0.3 is 5.11 Å². The SMILES string of the molecule is Cc1cccc(C(O)CN2CCN3CCCCC3C2)c1.